The smallest absolute Gasteiger partial charge is 0.332 e. The van der Waals surface area contributed by atoms with Gasteiger partial charge in [-0.15, -0.1) is 0 Å². The summed E-state index contributed by atoms with van der Waals surface area (Å²) in [5.41, 5.74) is -1.38. The fourth-order valence-electron chi connectivity index (χ4n) is 2.62. The Morgan fingerprint density at radius 3 is 2.29 bits per heavy atom. The van der Waals surface area contributed by atoms with Gasteiger partial charge in [-0.2, -0.15) is 0 Å². The molecule has 0 aromatic rings. The zero-order chi connectivity index (χ0) is 15.9. The molecule has 1 saturated carbocycles. The summed E-state index contributed by atoms with van der Waals surface area (Å²) in [5, 5.41) is 2.94. The molecule has 122 valence electrons. The van der Waals surface area contributed by atoms with Crippen LogP contribution in [-0.4, -0.2) is 36.7 Å². The normalized spacial score (nSPS) is 18.1. The van der Waals surface area contributed by atoms with E-state index in [1.54, 1.807) is 7.11 Å². The second kappa shape index (κ2) is 7.78. The van der Waals surface area contributed by atoms with Crippen molar-refractivity contribution in [2.45, 2.75) is 76.9 Å². The third-order valence-corrected chi connectivity index (χ3v) is 3.63. The quantitative estimate of drug-likeness (QED) is 0.605. The summed E-state index contributed by atoms with van der Waals surface area (Å²) in [6, 6.07) is 0. The number of amides is 1. The summed E-state index contributed by atoms with van der Waals surface area (Å²) < 4.78 is 10.5. The number of hydrogen-bond donors (Lipinski definition) is 1. The molecule has 1 fully saturated rings. The molecule has 0 radical (unpaired) electrons. The molecule has 0 spiro atoms. The van der Waals surface area contributed by atoms with Gasteiger partial charge in [0.15, 0.2) is 0 Å². The summed E-state index contributed by atoms with van der Waals surface area (Å²) in [4.78, 5) is 24.6. The first-order valence-corrected chi connectivity index (χ1v) is 7.82. The van der Waals surface area contributed by atoms with Crippen LogP contribution in [0.2, 0.25) is 0 Å². The van der Waals surface area contributed by atoms with Gasteiger partial charge in [0.2, 0.25) is 5.91 Å². The number of esters is 1. The molecule has 0 saturated heterocycles. The molecule has 1 rings (SSSR count). The number of ether oxygens (including phenoxy) is 2. The van der Waals surface area contributed by atoms with E-state index >= 15 is 0 Å². The van der Waals surface area contributed by atoms with Crippen molar-refractivity contribution in [2.75, 3.05) is 13.7 Å². The maximum Gasteiger partial charge on any atom is 0.332 e. The van der Waals surface area contributed by atoms with E-state index in [0.717, 1.165) is 19.3 Å². The van der Waals surface area contributed by atoms with E-state index in [4.69, 9.17) is 9.47 Å². The van der Waals surface area contributed by atoms with Gasteiger partial charge in [0, 0.05) is 20.1 Å². The Kier molecular flexibility index (Phi) is 6.65. The Bertz CT molecular complexity index is 354. The van der Waals surface area contributed by atoms with Crippen LogP contribution < -0.4 is 5.32 Å². The molecule has 0 aromatic heterocycles. The largest absolute Gasteiger partial charge is 0.458 e. The van der Waals surface area contributed by atoms with E-state index < -0.39 is 11.1 Å². The predicted molar refractivity (Wildman–Crippen MR) is 80.9 cm³/mol. The highest BCUT2D eigenvalue weighted by atomic mass is 16.6. The third-order valence-electron chi connectivity index (χ3n) is 3.63. The standard InChI is InChI=1S/C16H29NO4/c1-15(2,3)21-14(19)16(10-6-5-7-11-16)17-13(18)9-8-12-20-4/h5-12H2,1-4H3,(H,17,18). The van der Waals surface area contributed by atoms with Crippen LogP contribution in [0.15, 0.2) is 0 Å². The number of carbonyl (C=O) groups is 2. The second-order valence-corrected chi connectivity index (χ2v) is 6.79. The van der Waals surface area contributed by atoms with Crippen LogP contribution in [0.25, 0.3) is 0 Å². The Labute approximate surface area is 127 Å². The molecule has 0 bridgehead atoms. The van der Waals surface area contributed by atoms with Gasteiger partial charge < -0.3 is 14.8 Å². The lowest BCUT2D eigenvalue weighted by Gasteiger charge is -2.37. The first-order chi connectivity index (χ1) is 9.79. The van der Waals surface area contributed by atoms with Crippen molar-refractivity contribution in [3.8, 4) is 0 Å². The van der Waals surface area contributed by atoms with Crippen LogP contribution >= 0.6 is 0 Å². The molecule has 0 atom stereocenters. The van der Waals surface area contributed by atoms with Gasteiger partial charge in [0.25, 0.3) is 0 Å². The summed E-state index contributed by atoms with van der Waals surface area (Å²) in [6.07, 6.45) is 5.35. The lowest BCUT2D eigenvalue weighted by molar-refractivity contribution is -0.166. The molecule has 1 aliphatic carbocycles. The van der Waals surface area contributed by atoms with Gasteiger partial charge in [-0.05, 0) is 40.0 Å². The lowest BCUT2D eigenvalue weighted by Crippen LogP contribution is -2.57. The summed E-state index contributed by atoms with van der Waals surface area (Å²) in [6.45, 7) is 6.10. The fraction of sp³-hybridized carbons (Fsp3) is 0.875. The molecule has 5 heteroatoms. The monoisotopic (exact) mass is 299 g/mol. The van der Waals surface area contributed by atoms with Crippen LogP contribution in [-0.2, 0) is 19.1 Å². The van der Waals surface area contributed by atoms with Gasteiger partial charge >= 0.3 is 5.97 Å². The molecule has 5 nitrogen and oxygen atoms in total. The Hall–Kier alpha value is -1.10. The van der Waals surface area contributed by atoms with E-state index in [1.807, 2.05) is 20.8 Å². The number of nitrogens with one attached hydrogen (secondary N) is 1. The number of carbonyl (C=O) groups excluding carboxylic acids is 2. The first-order valence-electron chi connectivity index (χ1n) is 7.82. The van der Waals surface area contributed by atoms with E-state index in [1.165, 1.54) is 0 Å². The van der Waals surface area contributed by atoms with Crippen LogP contribution in [0, 0.1) is 0 Å². The number of hydrogen-bond acceptors (Lipinski definition) is 4. The first kappa shape index (κ1) is 18.0. The van der Waals surface area contributed by atoms with Crippen LogP contribution in [0.5, 0.6) is 0 Å². The summed E-state index contributed by atoms with van der Waals surface area (Å²) in [5.74, 6) is -0.394. The molecule has 0 aliphatic heterocycles. The van der Waals surface area contributed by atoms with Gasteiger partial charge in [-0.3, -0.25) is 4.79 Å². The minimum atomic E-state index is -0.838. The summed E-state index contributed by atoms with van der Waals surface area (Å²) in [7, 11) is 1.61. The Morgan fingerprint density at radius 1 is 1.14 bits per heavy atom. The highest BCUT2D eigenvalue weighted by molar-refractivity contribution is 5.88. The zero-order valence-corrected chi connectivity index (χ0v) is 13.8. The van der Waals surface area contributed by atoms with Gasteiger partial charge in [0.1, 0.15) is 11.1 Å². The second-order valence-electron chi connectivity index (χ2n) is 6.79. The van der Waals surface area contributed by atoms with E-state index in [-0.39, 0.29) is 11.9 Å². The lowest BCUT2D eigenvalue weighted by atomic mass is 9.81. The van der Waals surface area contributed by atoms with E-state index in [0.29, 0.717) is 32.3 Å². The Balaban J connectivity index is 2.69. The Morgan fingerprint density at radius 2 is 1.76 bits per heavy atom. The molecule has 0 unspecified atom stereocenters. The highest BCUT2D eigenvalue weighted by Crippen LogP contribution is 2.31. The van der Waals surface area contributed by atoms with Crippen LogP contribution in [0.1, 0.15) is 65.7 Å². The molecular formula is C16H29NO4. The topological polar surface area (TPSA) is 64.6 Å². The van der Waals surface area contributed by atoms with Crippen molar-refractivity contribution in [2.24, 2.45) is 0 Å². The van der Waals surface area contributed by atoms with Crippen molar-refractivity contribution in [3.05, 3.63) is 0 Å². The number of rotatable bonds is 6. The fourth-order valence-corrected chi connectivity index (χ4v) is 2.62. The van der Waals surface area contributed by atoms with E-state index in [2.05, 4.69) is 5.32 Å². The van der Waals surface area contributed by atoms with Crippen molar-refractivity contribution in [3.63, 3.8) is 0 Å². The highest BCUT2D eigenvalue weighted by Gasteiger charge is 2.43. The molecule has 1 aliphatic rings. The summed E-state index contributed by atoms with van der Waals surface area (Å²) >= 11 is 0. The maximum atomic E-state index is 12.5. The minimum Gasteiger partial charge on any atom is -0.458 e. The SMILES string of the molecule is COCCCC(=O)NC1(C(=O)OC(C)(C)C)CCCCC1. The van der Waals surface area contributed by atoms with Crippen LogP contribution in [0.3, 0.4) is 0 Å². The van der Waals surface area contributed by atoms with Crippen molar-refractivity contribution >= 4 is 11.9 Å². The zero-order valence-electron chi connectivity index (χ0n) is 13.8. The van der Waals surface area contributed by atoms with Gasteiger partial charge in [0.05, 0.1) is 0 Å². The molecule has 1 amide bonds. The average molecular weight is 299 g/mol. The molecule has 21 heavy (non-hydrogen) atoms. The number of methoxy groups -OCH3 is 1. The van der Waals surface area contributed by atoms with Crippen LogP contribution in [0.4, 0.5) is 0 Å². The van der Waals surface area contributed by atoms with Gasteiger partial charge in [-0.25, -0.2) is 4.79 Å². The average Bonchev–Trinajstić information content (AvgIpc) is 2.38. The molecule has 1 N–H and O–H groups in total. The van der Waals surface area contributed by atoms with Gasteiger partial charge in [-0.1, -0.05) is 19.3 Å². The van der Waals surface area contributed by atoms with E-state index in [9.17, 15) is 9.59 Å². The molecule has 0 aromatic carbocycles. The third kappa shape index (κ3) is 6.04. The predicted octanol–water partition coefficient (Wildman–Crippen LogP) is 2.57. The molecular weight excluding hydrogens is 270 g/mol. The molecule has 0 heterocycles. The van der Waals surface area contributed by atoms with Crippen molar-refractivity contribution in [1.29, 1.82) is 0 Å². The van der Waals surface area contributed by atoms with Crippen molar-refractivity contribution in [1.82, 2.24) is 5.32 Å². The maximum absolute atomic E-state index is 12.5. The van der Waals surface area contributed by atoms with Crippen molar-refractivity contribution < 1.29 is 19.1 Å². The minimum absolute atomic E-state index is 0.0974.